The number of rotatable bonds is 3. The van der Waals surface area contributed by atoms with E-state index in [1.165, 1.54) is 7.11 Å². The lowest BCUT2D eigenvalue weighted by molar-refractivity contribution is -0.150. The summed E-state index contributed by atoms with van der Waals surface area (Å²) in [6, 6.07) is 0. The fourth-order valence-electron chi connectivity index (χ4n) is 0.540. The van der Waals surface area contributed by atoms with E-state index in [1.54, 1.807) is 0 Å². The summed E-state index contributed by atoms with van der Waals surface area (Å²) in [5, 5.41) is 0.656. The van der Waals surface area contributed by atoms with Gasteiger partial charge < -0.3 is 4.74 Å². The van der Waals surface area contributed by atoms with Crippen LogP contribution in [0.5, 0.6) is 0 Å². The highest BCUT2D eigenvalue weighted by Gasteiger charge is 2.30. The van der Waals surface area contributed by atoms with E-state index in [0.717, 1.165) is 6.42 Å². The van der Waals surface area contributed by atoms with Gasteiger partial charge in [-0.1, -0.05) is 22.9 Å². The molecule has 0 aliphatic carbocycles. The van der Waals surface area contributed by atoms with E-state index in [0.29, 0.717) is 5.33 Å². The molecule has 0 amide bonds. The van der Waals surface area contributed by atoms with E-state index < -0.39 is 0 Å². The van der Waals surface area contributed by atoms with E-state index in [4.69, 9.17) is 0 Å². The molecular formula is C7H13BrO2. The zero-order valence-electron chi connectivity index (χ0n) is 6.61. The molecule has 2 nitrogen and oxygen atoms in total. The van der Waals surface area contributed by atoms with E-state index in [2.05, 4.69) is 20.7 Å². The highest BCUT2D eigenvalue weighted by Crippen LogP contribution is 2.24. The van der Waals surface area contributed by atoms with Crippen LogP contribution in [0.2, 0.25) is 0 Å². The van der Waals surface area contributed by atoms with Crippen molar-refractivity contribution in [3.8, 4) is 0 Å². The van der Waals surface area contributed by atoms with Crippen LogP contribution in [-0.2, 0) is 9.53 Å². The molecule has 0 heterocycles. The van der Waals surface area contributed by atoms with Gasteiger partial charge >= 0.3 is 5.97 Å². The Morgan fingerprint density at radius 3 is 2.30 bits per heavy atom. The molecule has 0 saturated heterocycles. The van der Waals surface area contributed by atoms with Crippen LogP contribution in [0.4, 0.5) is 0 Å². The van der Waals surface area contributed by atoms with Crippen LogP contribution in [0.3, 0.4) is 0 Å². The Bertz CT molecular complexity index is 119. The largest absolute Gasteiger partial charge is 0.469 e. The molecule has 0 aromatic heterocycles. The van der Waals surface area contributed by atoms with Gasteiger partial charge in [-0.3, -0.25) is 4.79 Å². The molecule has 0 aromatic rings. The predicted octanol–water partition coefficient (Wildman–Crippen LogP) is 1.97. The maximum atomic E-state index is 11.0. The first kappa shape index (κ1) is 9.95. The van der Waals surface area contributed by atoms with Crippen LogP contribution in [0.1, 0.15) is 20.3 Å². The summed E-state index contributed by atoms with van der Waals surface area (Å²) in [6.45, 7) is 3.85. The molecule has 0 radical (unpaired) electrons. The summed E-state index contributed by atoms with van der Waals surface area (Å²) in [4.78, 5) is 11.0. The third-order valence-electron chi connectivity index (χ3n) is 1.75. The number of carbonyl (C=O) groups excluding carboxylic acids is 1. The van der Waals surface area contributed by atoms with Crippen molar-refractivity contribution in [2.45, 2.75) is 20.3 Å². The third kappa shape index (κ3) is 1.97. The number of alkyl halides is 1. The van der Waals surface area contributed by atoms with E-state index in [9.17, 15) is 4.79 Å². The Balaban J connectivity index is 4.17. The van der Waals surface area contributed by atoms with Gasteiger partial charge in [-0.25, -0.2) is 0 Å². The number of halogens is 1. The van der Waals surface area contributed by atoms with Crippen LogP contribution < -0.4 is 0 Å². The summed E-state index contributed by atoms with van der Waals surface area (Å²) in [5.74, 6) is -0.146. The maximum absolute atomic E-state index is 11.0. The molecule has 0 spiro atoms. The van der Waals surface area contributed by atoms with Crippen molar-refractivity contribution >= 4 is 21.9 Å². The van der Waals surface area contributed by atoms with Gasteiger partial charge in [0.2, 0.25) is 0 Å². The molecule has 0 saturated carbocycles. The molecular weight excluding hydrogens is 196 g/mol. The molecule has 1 atom stereocenters. The Morgan fingerprint density at radius 1 is 1.70 bits per heavy atom. The summed E-state index contributed by atoms with van der Waals surface area (Å²) >= 11 is 3.27. The van der Waals surface area contributed by atoms with Gasteiger partial charge in [-0.15, -0.1) is 0 Å². The first-order chi connectivity index (χ1) is 4.60. The molecule has 0 aliphatic heterocycles. The second-order valence-electron chi connectivity index (χ2n) is 2.54. The number of hydrogen-bond acceptors (Lipinski definition) is 2. The van der Waals surface area contributed by atoms with Gasteiger partial charge in [-0.05, 0) is 13.3 Å². The third-order valence-corrected chi connectivity index (χ3v) is 2.99. The molecule has 0 fully saturated rings. The average molecular weight is 209 g/mol. The lowest BCUT2D eigenvalue weighted by atomic mass is 9.91. The Hall–Kier alpha value is -0.0500. The van der Waals surface area contributed by atoms with Gasteiger partial charge in [0.1, 0.15) is 0 Å². The van der Waals surface area contributed by atoms with Crippen molar-refractivity contribution in [3.63, 3.8) is 0 Å². The SMILES string of the molecule is CCC(C)(CBr)C(=O)OC. The van der Waals surface area contributed by atoms with Crippen molar-refractivity contribution in [2.24, 2.45) is 5.41 Å². The standard InChI is InChI=1S/C7H13BrO2/c1-4-7(2,5-8)6(9)10-3/h4-5H2,1-3H3. The normalized spacial score (nSPS) is 16.0. The number of esters is 1. The second kappa shape index (κ2) is 3.96. The molecule has 0 bridgehead atoms. The molecule has 1 unspecified atom stereocenters. The van der Waals surface area contributed by atoms with Crippen molar-refractivity contribution < 1.29 is 9.53 Å². The molecule has 0 rings (SSSR count). The van der Waals surface area contributed by atoms with Crippen molar-refractivity contribution in [3.05, 3.63) is 0 Å². The number of hydrogen-bond donors (Lipinski definition) is 0. The monoisotopic (exact) mass is 208 g/mol. The van der Waals surface area contributed by atoms with E-state index >= 15 is 0 Å². The molecule has 0 aromatic carbocycles. The van der Waals surface area contributed by atoms with Gasteiger partial charge in [0.15, 0.2) is 0 Å². The molecule has 3 heteroatoms. The number of methoxy groups -OCH3 is 1. The molecule has 60 valence electrons. The van der Waals surface area contributed by atoms with Gasteiger partial charge in [-0.2, -0.15) is 0 Å². The summed E-state index contributed by atoms with van der Waals surface area (Å²) in [6.07, 6.45) is 0.797. The topological polar surface area (TPSA) is 26.3 Å². The van der Waals surface area contributed by atoms with Crippen molar-refractivity contribution in [1.82, 2.24) is 0 Å². The molecule has 10 heavy (non-hydrogen) atoms. The van der Waals surface area contributed by atoms with Gasteiger partial charge in [0.25, 0.3) is 0 Å². The minimum absolute atomic E-state index is 0.146. The smallest absolute Gasteiger partial charge is 0.312 e. The molecule has 0 aliphatic rings. The highest BCUT2D eigenvalue weighted by molar-refractivity contribution is 9.09. The van der Waals surface area contributed by atoms with Crippen molar-refractivity contribution in [1.29, 1.82) is 0 Å². The quantitative estimate of drug-likeness (QED) is 0.524. The summed E-state index contributed by atoms with van der Waals surface area (Å²) in [7, 11) is 1.42. The van der Waals surface area contributed by atoms with Crippen LogP contribution in [0, 0.1) is 5.41 Å². The second-order valence-corrected chi connectivity index (χ2v) is 3.10. The lowest BCUT2D eigenvalue weighted by Gasteiger charge is -2.21. The van der Waals surface area contributed by atoms with Crippen LogP contribution in [0.25, 0.3) is 0 Å². The van der Waals surface area contributed by atoms with Crippen LogP contribution in [-0.4, -0.2) is 18.4 Å². The number of ether oxygens (including phenoxy) is 1. The fourth-order valence-corrected chi connectivity index (χ4v) is 1.17. The maximum Gasteiger partial charge on any atom is 0.312 e. The number of carbonyl (C=O) groups is 1. The highest BCUT2D eigenvalue weighted by atomic mass is 79.9. The van der Waals surface area contributed by atoms with E-state index in [-0.39, 0.29) is 11.4 Å². The minimum atomic E-state index is -0.352. The Morgan fingerprint density at radius 2 is 2.20 bits per heavy atom. The zero-order chi connectivity index (χ0) is 8.20. The van der Waals surface area contributed by atoms with Crippen molar-refractivity contribution in [2.75, 3.05) is 12.4 Å². The summed E-state index contributed by atoms with van der Waals surface area (Å²) < 4.78 is 4.63. The summed E-state index contributed by atoms with van der Waals surface area (Å²) in [5.41, 5.74) is -0.352. The fraction of sp³-hybridized carbons (Fsp3) is 0.857. The average Bonchev–Trinajstić information content (AvgIpc) is 2.01. The van der Waals surface area contributed by atoms with Crippen LogP contribution >= 0.6 is 15.9 Å². The lowest BCUT2D eigenvalue weighted by Crippen LogP contribution is -2.29. The molecule has 0 N–H and O–H groups in total. The first-order valence-corrected chi connectivity index (χ1v) is 4.37. The predicted molar refractivity (Wildman–Crippen MR) is 44.2 cm³/mol. The zero-order valence-corrected chi connectivity index (χ0v) is 8.19. The van der Waals surface area contributed by atoms with Crippen LogP contribution in [0.15, 0.2) is 0 Å². The van der Waals surface area contributed by atoms with Gasteiger partial charge in [0, 0.05) is 5.33 Å². The minimum Gasteiger partial charge on any atom is -0.469 e. The van der Waals surface area contributed by atoms with E-state index in [1.807, 2.05) is 13.8 Å². The van der Waals surface area contributed by atoms with Gasteiger partial charge in [0.05, 0.1) is 12.5 Å². The first-order valence-electron chi connectivity index (χ1n) is 3.25. The Labute approximate surface area is 70.1 Å². The Kier molecular flexibility index (Phi) is 3.94.